The molecular weight excluding hydrogens is 296 g/mol. The molecule has 0 saturated carbocycles. The first kappa shape index (κ1) is 16.8. The Balaban J connectivity index is 2.39. The van der Waals surface area contributed by atoms with Crippen molar-refractivity contribution < 1.29 is 4.79 Å². The van der Waals surface area contributed by atoms with Gasteiger partial charge in [-0.2, -0.15) is 0 Å². The lowest BCUT2D eigenvalue weighted by Gasteiger charge is -2.25. The molecule has 3 nitrogen and oxygen atoms in total. The molecule has 0 spiro atoms. The Labute approximate surface area is 137 Å². The quantitative estimate of drug-likeness (QED) is 0.797. The summed E-state index contributed by atoms with van der Waals surface area (Å²) in [7, 11) is 4.09. The Bertz CT molecular complexity index is 655. The molecule has 0 aliphatic carbocycles. The maximum absolute atomic E-state index is 12.4. The fourth-order valence-corrected chi connectivity index (χ4v) is 2.82. The van der Waals surface area contributed by atoms with E-state index in [0.717, 1.165) is 41.0 Å². The third kappa shape index (κ3) is 3.79. The number of hydrogen-bond acceptors (Lipinski definition) is 2. The van der Waals surface area contributed by atoms with Crippen LogP contribution in [0.2, 0.25) is 5.02 Å². The topological polar surface area (TPSA) is 23.6 Å². The molecule has 0 aliphatic rings. The minimum Gasteiger partial charge on any atom is -0.312 e. The number of anilines is 1. The highest BCUT2D eigenvalue weighted by molar-refractivity contribution is 6.36. The summed E-state index contributed by atoms with van der Waals surface area (Å²) in [6, 6.07) is 11.8. The van der Waals surface area contributed by atoms with Crippen LogP contribution < -0.4 is 4.90 Å². The first-order valence-corrected chi connectivity index (χ1v) is 8.04. The van der Waals surface area contributed by atoms with Gasteiger partial charge >= 0.3 is 0 Å². The van der Waals surface area contributed by atoms with E-state index >= 15 is 0 Å². The molecule has 0 heterocycles. The molecule has 0 atom stereocenters. The number of hydrogen-bond donors (Lipinski definition) is 0. The summed E-state index contributed by atoms with van der Waals surface area (Å²) in [5, 5.41) is 2.74. The number of carbonyl (C=O) groups is 1. The summed E-state index contributed by atoms with van der Waals surface area (Å²) < 4.78 is 0. The smallest absolute Gasteiger partial charge is 0.226 e. The average Bonchev–Trinajstić information content (AvgIpc) is 2.52. The van der Waals surface area contributed by atoms with E-state index in [2.05, 4.69) is 4.90 Å². The highest BCUT2D eigenvalue weighted by Crippen LogP contribution is 2.32. The van der Waals surface area contributed by atoms with Crippen LogP contribution in [-0.2, 0) is 4.79 Å². The third-order valence-electron chi connectivity index (χ3n) is 3.73. The van der Waals surface area contributed by atoms with Crippen LogP contribution in [0.25, 0.3) is 10.8 Å². The van der Waals surface area contributed by atoms with Gasteiger partial charge in [-0.25, -0.2) is 0 Å². The molecule has 0 aliphatic heterocycles. The number of rotatable bonds is 6. The van der Waals surface area contributed by atoms with Gasteiger partial charge in [0.1, 0.15) is 0 Å². The number of benzene rings is 2. The second-order valence-corrected chi connectivity index (χ2v) is 6.08. The van der Waals surface area contributed by atoms with Crippen molar-refractivity contribution in [1.29, 1.82) is 0 Å². The normalized spacial score (nSPS) is 11.1. The van der Waals surface area contributed by atoms with Crippen molar-refractivity contribution in [1.82, 2.24) is 4.90 Å². The zero-order valence-corrected chi connectivity index (χ0v) is 14.2. The van der Waals surface area contributed by atoms with E-state index in [0.29, 0.717) is 6.42 Å². The Morgan fingerprint density at radius 1 is 1.05 bits per heavy atom. The van der Waals surface area contributed by atoms with Gasteiger partial charge in [0.15, 0.2) is 0 Å². The predicted octanol–water partition coefficient (Wildman–Crippen LogP) is 4.19. The molecule has 0 aromatic heterocycles. The van der Waals surface area contributed by atoms with Gasteiger partial charge in [-0.05, 0) is 39.2 Å². The summed E-state index contributed by atoms with van der Waals surface area (Å²) in [5.74, 6) is 0.145. The molecule has 118 valence electrons. The molecule has 4 heteroatoms. The van der Waals surface area contributed by atoms with Crippen molar-refractivity contribution in [2.75, 3.05) is 32.1 Å². The van der Waals surface area contributed by atoms with E-state index < -0.39 is 0 Å². The maximum atomic E-state index is 12.4. The highest BCUT2D eigenvalue weighted by Gasteiger charge is 2.17. The van der Waals surface area contributed by atoms with Crippen molar-refractivity contribution >= 4 is 34.0 Å². The van der Waals surface area contributed by atoms with Crippen molar-refractivity contribution in [3.05, 3.63) is 41.4 Å². The molecule has 0 bridgehead atoms. The second-order valence-electron chi connectivity index (χ2n) is 5.67. The van der Waals surface area contributed by atoms with Crippen molar-refractivity contribution in [3.8, 4) is 0 Å². The monoisotopic (exact) mass is 318 g/mol. The molecule has 0 saturated heterocycles. The maximum Gasteiger partial charge on any atom is 0.226 e. The third-order valence-corrected chi connectivity index (χ3v) is 4.06. The fourth-order valence-electron chi connectivity index (χ4n) is 2.60. The van der Waals surface area contributed by atoms with Crippen LogP contribution in [0.4, 0.5) is 5.69 Å². The van der Waals surface area contributed by atoms with Crippen LogP contribution >= 0.6 is 11.6 Å². The lowest BCUT2D eigenvalue weighted by molar-refractivity contribution is -0.118. The van der Waals surface area contributed by atoms with Crippen molar-refractivity contribution in [3.63, 3.8) is 0 Å². The van der Waals surface area contributed by atoms with Gasteiger partial charge in [0.2, 0.25) is 5.91 Å². The number of amides is 1. The average molecular weight is 319 g/mol. The Morgan fingerprint density at radius 3 is 2.36 bits per heavy atom. The lowest BCUT2D eigenvalue weighted by atomic mass is 10.1. The first-order chi connectivity index (χ1) is 10.5. The van der Waals surface area contributed by atoms with Gasteiger partial charge in [0.25, 0.3) is 0 Å². The van der Waals surface area contributed by atoms with Crippen LogP contribution in [0, 0.1) is 0 Å². The summed E-state index contributed by atoms with van der Waals surface area (Å²) in [6.07, 6.45) is 1.44. The number of nitrogens with zero attached hydrogens (tertiary/aromatic N) is 2. The molecule has 1 amide bonds. The van der Waals surface area contributed by atoms with Crippen molar-refractivity contribution in [2.45, 2.75) is 19.8 Å². The second kappa shape index (κ2) is 7.61. The standard InChI is InChI=1S/C18H23ClN2O/c1-4-18(22)21(13-7-12-20(2)3)17-11-10-16(19)14-8-5-6-9-15(14)17/h5-6,8-11H,4,7,12-13H2,1-3H3. The van der Waals surface area contributed by atoms with Crippen molar-refractivity contribution in [2.24, 2.45) is 0 Å². The lowest BCUT2D eigenvalue weighted by Crippen LogP contribution is -2.33. The number of carbonyl (C=O) groups excluding carboxylic acids is 1. The van der Waals surface area contributed by atoms with Crippen LogP contribution in [-0.4, -0.2) is 38.0 Å². The van der Waals surface area contributed by atoms with E-state index in [4.69, 9.17) is 11.6 Å². The predicted molar refractivity (Wildman–Crippen MR) is 94.8 cm³/mol. The molecule has 0 N–H and O–H groups in total. The van der Waals surface area contributed by atoms with E-state index in [1.807, 2.05) is 62.3 Å². The molecule has 2 rings (SSSR count). The molecular formula is C18H23ClN2O. The van der Waals surface area contributed by atoms with Gasteiger partial charge in [-0.1, -0.05) is 42.8 Å². The molecule has 0 radical (unpaired) electrons. The minimum absolute atomic E-state index is 0.145. The SMILES string of the molecule is CCC(=O)N(CCCN(C)C)c1ccc(Cl)c2ccccc12. The minimum atomic E-state index is 0.145. The largest absolute Gasteiger partial charge is 0.312 e. The first-order valence-electron chi connectivity index (χ1n) is 7.67. The zero-order chi connectivity index (χ0) is 16.1. The van der Waals surface area contributed by atoms with Crippen LogP contribution in [0.15, 0.2) is 36.4 Å². The van der Waals surface area contributed by atoms with Gasteiger partial charge in [0, 0.05) is 28.8 Å². The summed E-state index contributed by atoms with van der Waals surface area (Å²) in [5.41, 5.74) is 0.950. The van der Waals surface area contributed by atoms with Gasteiger partial charge < -0.3 is 9.80 Å². The van der Waals surface area contributed by atoms with E-state index in [-0.39, 0.29) is 5.91 Å². The Morgan fingerprint density at radius 2 is 1.73 bits per heavy atom. The summed E-state index contributed by atoms with van der Waals surface area (Å²) in [4.78, 5) is 16.4. The number of halogens is 1. The molecule has 2 aromatic carbocycles. The van der Waals surface area contributed by atoms with E-state index in [1.165, 1.54) is 0 Å². The fraction of sp³-hybridized carbons (Fsp3) is 0.389. The summed E-state index contributed by atoms with van der Waals surface area (Å²) in [6.45, 7) is 3.58. The Kier molecular flexibility index (Phi) is 5.81. The van der Waals surface area contributed by atoms with Crippen LogP contribution in [0.1, 0.15) is 19.8 Å². The Hall–Kier alpha value is -1.58. The summed E-state index contributed by atoms with van der Waals surface area (Å²) >= 11 is 6.28. The zero-order valence-electron chi connectivity index (χ0n) is 13.5. The highest BCUT2D eigenvalue weighted by atomic mass is 35.5. The van der Waals surface area contributed by atoms with Gasteiger partial charge in [-0.3, -0.25) is 4.79 Å². The number of fused-ring (bicyclic) bond motifs is 1. The van der Waals surface area contributed by atoms with Crippen LogP contribution in [0.5, 0.6) is 0 Å². The van der Waals surface area contributed by atoms with E-state index in [1.54, 1.807) is 0 Å². The van der Waals surface area contributed by atoms with Gasteiger partial charge in [0.05, 0.1) is 5.69 Å². The van der Waals surface area contributed by atoms with Gasteiger partial charge in [-0.15, -0.1) is 0 Å². The molecule has 2 aromatic rings. The molecule has 0 fully saturated rings. The molecule has 22 heavy (non-hydrogen) atoms. The molecule has 0 unspecified atom stereocenters. The van der Waals surface area contributed by atoms with E-state index in [9.17, 15) is 4.79 Å². The van der Waals surface area contributed by atoms with Crippen LogP contribution in [0.3, 0.4) is 0 Å².